The van der Waals surface area contributed by atoms with Gasteiger partial charge in [0.15, 0.2) is 0 Å². The third-order valence-corrected chi connectivity index (χ3v) is 5.80. The van der Waals surface area contributed by atoms with Crippen LogP contribution in [-0.2, 0) is 21.4 Å². The Morgan fingerprint density at radius 3 is 2.48 bits per heavy atom. The van der Waals surface area contributed by atoms with Crippen LogP contribution in [0.15, 0.2) is 46.7 Å². The highest BCUT2D eigenvalue weighted by molar-refractivity contribution is 7.91. The lowest BCUT2D eigenvalue weighted by Crippen LogP contribution is -2.35. The summed E-state index contributed by atoms with van der Waals surface area (Å²) in [7, 11) is -3.86. The molecule has 2 unspecified atom stereocenters. The minimum Gasteiger partial charge on any atom is -0.445 e. The third-order valence-electron chi connectivity index (χ3n) is 3.21. The van der Waals surface area contributed by atoms with Gasteiger partial charge in [-0.15, -0.1) is 11.3 Å². The van der Waals surface area contributed by atoms with Crippen molar-refractivity contribution in [1.29, 1.82) is 0 Å². The molecule has 2 atom stereocenters. The monoisotopic (exact) mass is 386 g/mol. The molecule has 1 aromatic carbocycles. The predicted molar refractivity (Wildman–Crippen MR) is 91.3 cm³/mol. The molecule has 1 aromatic heterocycles. The lowest BCUT2D eigenvalue weighted by Gasteiger charge is -2.17. The molecule has 136 valence electrons. The van der Waals surface area contributed by atoms with E-state index in [2.05, 4.69) is 5.32 Å². The summed E-state index contributed by atoms with van der Waals surface area (Å²) in [6.45, 7) is -0.189. The molecular weight excluding hydrogens is 368 g/mol. The maximum Gasteiger partial charge on any atom is 0.407 e. The maximum absolute atomic E-state index is 11.6. The van der Waals surface area contributed by atoms with Crippen molar-refractivity contribution in [2.45, 2.75) is 23.0 Å². The largest absolute Gasteiger partial charge is 0.445 e. The predicted octanol–water partition coefficient (Wildman–Crippen LogP) is 0.716. The minimum absolute atomic E-state index is 0.0773. The molecular formula is C15H18N2O6S2. The minimum atomic E-state index is -3.86. The molecule has 0 aliphatic heterocycles. The molecule has 1 amide bonds. The summed E-state index contributed by atoms with van der Waals surface area (Å²) in [5.74, 6) is 0. The van der Waals surface area contributed by atoms with Gasteiger partial charge in [0.1, 0.15) is 23.0 Å². The number of rotatable bonds is 7. The second-order valence-corrected chi connectivity index (χ2v) is 8.06. The number of thiophene rings is 1. The first kappa shape index (κ1) is 19.3. The van der Waals surface area contributed by atoms with Crippen LogP contribution in [0.1, 0.15) is 16.5 Å². The van der Waals surface area contributed by atoms with Crippen molar-refractivity contribution in [2.75, 3.05) is 6.54 Å². The number of sulfonamides is 1. The summed E-state index contributed by atoms with van der Waals surface area (Å²) in [5.41, 5.74) is 0.812. The average Bonchev–Trinajstić information content (AvgIpc) is 3.08. The van der Waals surface area contributed by atoms with Gasteiger partial charge in [-0.3, -0.25) is 0 Å². The van der Waals surface area contributed by atoms with E-state index in [-0.39, 0.29) is 22.2 Å². The Morgan fingerprint density at radius 1 is 1.20 bits per heavy atom. The molecule has 0 spiro atoms. The number of ether oxygens (including phenoxy) is 1. The smallest absolute Gasteiger partial charge is 0.407 e. The van der Waals surface area contributed by atoms with Crippen LogP contribution in [0.5, 0.6) is 0 Å². The number of carbonyl (C=O) groups excluding carboxylic acids is 1. The molecule has 5 N–H and O–H groups in total. The Labute approximate surface area is 148 Å². The maximum atomic E-state index is 11.6. The summed E-state index contributed by atoms with van der Waals surface area (Å²) in [6, 6.07) is 11.7. The lowest BCUT2D eigenvalue weighted by molar-refractivity contribution is 0.0205. The van der Waals surface area contributed by atoms with E-state index in [9.17, 15) is 23.4 Å². The van der Waals surface area contributed by atoms with Gasteiger partial charge >= 0.3 is 6.09 Å². The molecule has 0 saturated carbocycles. The van der Waals surface area contributed by atoms with E-state index in [0.717, 1.165) is 16.9 Å². The first-order valence-corrected chi connectivity index (χ1v) is 9.57. The highest BCUT2D eigenvalue weighted by Gasteiger charge is 2.23. The van der Waals surface area contributed by atoms with Gasteiger partial charge in [0, 0.05) is 11.4 Å². The normalized spacial score (nSPS) is 13.9. The fraction of sp³-hybridized carbons (Fsp3) is 0.267. The van der Waals surface area contributed by atoms with Gasteiger partial charge in [0.25, 0.3) is 0 Å². The number of benzene rings is 1. The van der Waals surface area contributed by atoms with Crippen molar-refractivity contribution in [2.24, 2.45) is 5.14 Å². The van der Waals surface area contributed by atoms with Crippen LogP contribution < -0.4 is 10.5 Å². The van der Waals surface area contributed by atoms with Crippen LogP contribution in [-0.4, -0.2) is 37.4 Å². The van der Waals surface area contributed by atoms with Crippen molar-refractivity contribution in [1.82, 2.24) is 5.32 Å². The zero-order valence-corrected chi connectivity index (χ0v) is 14.7. The zero-order chi connectivity index (χ0) is 18.4. The van der Waals surface area contributed by atoms with Crippen LogP contribution in [0.2, 0.25) is 0 Å². The number of hydrogen-bond acceptors (Lipinski definition) is 7. The quantitative estimate of drug-likeness (QED) is 0.553. The Morgan fingerprint density at radius 2 is 1.88 bits per heavy atom. The number of nitrogens with two attached hydrogens (primary N) is 1. The van der Waals surface area contributed by atoms with Crippen molar-refractivity contribution < 1.29 is 28.2 Å². The average molecular weight is 386 g/mol. The van der Waals surface area contributed by atoms with Crippen LogP contribution in [0.4, 0.5) is 4.79 Å². The Bertz CT molecular complexity index is 806. The van der Waals surface area contributed by atoms with Crippen LogP contribution in [0, 0.1) is 0 Å². The number of alkyl carbamates (subject to hydrolysis) is 1. The highest BCUT2D eigenvalue weighted by atomic mass is 32.2. The Hall–Kier alpha value is -1.98. The van der Waals surface area contributed by atoms with E-state index in [1.54, 1.807) is 12.1 Å². The highest BCUT2D eigenvalue weighted by Crippen LogP contribution is 2.27. The van der Waals surface area contributed by atoms with Crippen molar-refractivity contribution >= 4 is 27.5 Å². The van der Waals surface area contributed by atoms with Gasteiger partial charge in [0.2, 0.25) is 10.0 Å². The van der Waals surface area contributed by atoms with E-state index in [1.807, 2.05) is 18.2 Å². The third kappa shape index (κ3) is 5.80. The van der Waals surface area contributed by atoms with Gasteiger partial charge < -0.3 is 20.3 Å². The fourth-order valence-corrected chi connectivity index (χ4v) is 3.70. The number of hydrogen-bond donors (Lipinski definition) is 4. The number of carbonyl (C=O) groups is 1. The fourth-order valence-electron chi connectivity index (χ4n) is 1.91. The number of amides is 1. The van der Waals surface area contributed by atoms with E-state index in [4.69, 9.17) is 9.88 Å². The van der Waals surface area contributed by atoms with Crippen molar-refractivity contribution in [3.8, 4) is 0 Å². The summed E-state index contributed by atoms with van der Waals surface area (Å²) in [6.07, 6.45) is -3.45. The van der Waals surface area contributed by atoms with Crippen molar-refractivity contribution in [3.63, 3.8) is 0 Å². The first-order chi connectivity index (χ1) is 11.8. The second kappa shape index (κ2) is 8.41. The van der Waals surface area contributed by atoms with Crippen LogP contribution in [0.25, 0.3) is 0 Å². The van der Waals surface area contributed by atoms with Gasteiger partial charge in [-0.05, 0) is 17.7 Å². The summed E-state index contributed by atoms with van der Waals surface area (Å²) in [5, 5.41) is 27.3. The summed E-state index contributed by atoms with van der Waals surface area (Å²) < 4.78 is 27.3. The summed E-state index contributed by atoms with van der Waals surface area (Å²) >= 11 is 0.751. The van der Waals surface area contributed by atoms with Gasteiger partial charge in [-0.1, -0.05) is 30.3 Å². The van der Waals surface area contributed by atoms with E-state index < -0.39 is 28.3 Å². The van der Waals surface area contributed by atoms with E-state index in [1.165, 1.54) is 12.1 Å². The molecule has 2 aromatic rings. The second-order valence-electron chi connectivity index (χ2n) is 5.16. The van der Waals surface area contributed by atoms with Gasteiger partial charge in [-0.2, -0.15) is 0 Å². The van der Waals surface area contributed by atoms with Crippen LogP contribution in [0.3, 0.4) is 0 Å². The molecule has 0 saturated heterocycles. The number of aliphatic hydroxyl groups is 2. The molecule has 10 heteroatoms. The lowest BCUT2D eigenvalue weighted by atomic mass is 10.2. The molecule has 1 heterocycles. The zero-order valence-electron chi connectivity index (χ0n) is 13.0. The molecule has 0 fully saturated rings. The molecule has 0 aliphatic rings. The van der Waals surface area contributed by atoms with E-state index >= 15 is 0 Å². The molecule has 0 aliphatic carbocycles. The van der Waals surface area contributed by atoms with Crippen molar-refractivity contribution in [3.05, 3.63) is 52.9 Å². The molecule has 25 heavy (non-hydrogen) atoms. The van der Waals surface area contributed by atoms with Crippen LogP contribution >= 0.6 is 11.3 Å². The topological polar surface area (TPSA) is 139 Å². The number of aliphatic hydroxyl groups excluding tert-OH is 2. The first-order valence-electron chi connectivity index (χ1n) is 7.20. The molecule has 2 rings (SSSR count). The SMILES string of the molecule is NS(=O)(=O)c1ccc(C(O)C(O)CNC(=O)OCc2ccccc2)s1. The van der Waals surface area contributed by atoms with Gasteiger partial charge in [0.05, 0.1) is 0 Å². The summed E-state index contributed by atoms with van der Waals surface area (Å²) in [4.78, 5) is 11.8. The van der Waals surface area contributed by atoms with E-state index in [0.29, 0.717) is 0 Å². The molecule has 0 bridgehead atoms. The Kier molecular flexibility index (Phi) is 6.51. The van der Waals surface area contributed by atoms with Gasteiger partial charge in [-0.25, -0.2) is 18.4 Å². The molecule has 8 nitrogen and oxygen atoms in total. The molecule has 0 radical (unpaired) electrons. The standard InChI is InChI=1S/C15H18N2O6S2/c16-25(21,22)13-7-6-12(24-13)14(19)11(18)8-17-15(20)23-9-10-4-2-1-3-5-10/h1-7,11,14,18-19H,8-9H2,(H,17,20)(H2,16,21,22). The Balaban J connectivity index is 1.81. The number of nitrogens with one attached hydrogen (secondary N) is 1. The number of primary sulfonamides is 1.